The first kappa shape index (κ1) is 16.7. The van der Waals surface area contributed by atoms with E-state index >= 15 is 0 Å². The molecule has 3 aromatic heterocycles. The maximum atomic E-state index is 13.2. The second-order valence-corrected chi connectivity index (χ2v) is 5.92. The van der Waals surface area contributed by atoms with E-state index in [2.05, 4.69) is 15.4 Å². The molecule has 11 heteroatoms. The van der Waals surface area contributed by atoms with Gasteiger partial charge in [0, 0.05) is 20.2 Å². The lowest BCUT2D eigenvalue weighted by Gasteiger charge is -2.06. The van der Waals surface area contributed by atoms with Crippen molar-refractivity contribution < 1.29 is 13.6 Å². The number of aromatic nitrogens is 5. The summed E-state index contributed by atoms with van der Waals surface area (Å²) in [6.45, 7) is -0.302. The van der Waals surface area contributed by atoms with E-state index in [1.807, 2.05) is 0 Å². The second kappa shape index (κ2) is 5.90. The minimum absolute atomic E-state index is 0.0997. The molecule has 0 unspecified atom stereocenters. The largest absolute Gasteiger partial charge is 0.423 e. The van der Waals surface area contributed by atoms with Crippen molar-refractivity contribution in [3.8, 4) is 0 Å². The zero-order chi connectivity index (χ0) is 19.3. The van der Waals surface area contributed by atoms with Crippen LogP contribution in [0.15, 0.2) is 38.4 Å². The smallest absolute Gasteiger partial charge is 0.331 e. The molecule has 1 aromatic carbocycles. The molecule has 138 valence electrons. The average Bonchev–Trinajstić information content (AvgIpc) is 3.21. The first-order chi connectivity index (χ1) is 12.8. The molecule has 0 spiro atoms. The Balaban J connectivity index is 1.64. The van der Waals surface area contributed by atoms with Crippen molar-refractivity contribution in [2.75, 3.05) is 5.32 Å². The van der Waals surface area contributed by atoms with E-state index in [1.165, 1.54) is 41.7 Å². The Morgan fingerprint density at radius 3 is 2.81 bits per heavy atom. The number of anilines is 1. The first-order valence-corrected chi connectivity index (χ1v) is 7.82. The monoisotopic (exact) mass is 372 g/mol. The zero-order valence-electron chi connectivity index (χ0n) is 14.3. The van der Waals surface area contributed by atoms with Crippen LogP contribution >= 0.6 is 0 Å². The van der Waals surface area contributed by atoms with E-state index in [4.69, 9.17) is 4.42 Å². The zero-order valence-corrected chi connectivity index (χ0v) is 14.3. The maximum Gasteiger partial charge on any atom is 0.331 e. The van der Waals surface area contributed by atoms with Crippen LogP contribution in [-0.2, 0) is 25.4 Å². The lowest BCUT2D eigenvalue weighted by Crippen LogP contribution is -2.37. The van der Waals surface area contributed by atoms with Crippen molar-refractivity contribution in [3.05, 3.63) is 51.1 Å². The summed E-state index contributed by atoms with van der Waals surface area (Å²) >= 11 is 0. The molecule has 10 nitrogen and oxygen atoms in total. The van der Waals surface area contributed by atoms with Crippen molar-refractivity contribution >= 4 is 34.1 Å². The lowest BCUT2D eigenvalue weighted by atomic mass is 10.3. The third kappa shape index (κ3) is 2.69. The van der Waals surface area contributed by atoms with Gasteiger partial charge in [0.25, 0.3) is 5.56 Å². The molecule has 0 aliphatic heterocycles. The SMILES string of the molecule is Cn1c(=O)c2c(cnn2CC(=O)Nc2nc3ccc(F)cc3o2)n(C)c1=O. The van der Waals surface area contributed by atoms with Crippen LogP contribution in [-0.4, -0.2) is 29.8 Å². The highest BCUT2D eigenvalue weighted by Crippen LogP contribution is 2.19. The number of oxazole rings is 1. The number of nitrogens with one attached hydrogen (secondary N) is 1. The van der Waals surface area contributed by atoms with Gasteiger partial charge in [-0.2, -0.15) is 10.1 Å². The highest BCUT2D eigenvalue weighted by Gasteiger charge is 2.17. The number of hydrogen-bond acceptors (Lipinski definition) is 6. The molecule has 0 fully saturated rings. The van der Waals surface area contributed by atoms with Crippen LogP contribution in [0.25, 0.3) is 22.1 Å². The fraction of sp³-hybridized carbons (Fsp3) is 0.188. The molecule has 27 heavy (non-hydrogen) atoms. The van der Waals surface area contributed by atoms with Crippen molar-refractivity contribution in [2.24, 2.45) is 14.1 Å². The third-order valence-electron chi connectivity index (χ3n) is 4.15. The van der Waals surface area contributed by atoms with E-state index in [1.54, 1.807) is 0 Å². The number of amides is 1. The summed E-state index contributed by atoms with van der Waals surface area (Å²) in [5.74, 6) is -1.04. The van der Waals surface area contributed by atoms with Gasteiger partial charge in [-0.1, -0.05) is 0 Å². The van der Waals surface area contributed by atoms with Gasteiger partial charge in [-0.05, 0) is 12.1 Å². The molecule has 4 aromatic rings. The number of nitrogens with zero attached hydrogens (tertiary/aromatic N) is 5. The number of halogens is 1. The summed E-state index contributed by atoms with van der Waals surface area (Å²) in [5.41, 5.74) is -0.0348. The number of carbonyl (C=O) groups is 1. The van der Waals surface area contributed by atoms with Crippen LogP contribution < -0.4 is 16.6 Å². The van der Waals surface area contributed by atoms with E-state index in [0.29, 0.717) is 11.0 Å². The van der Waals surface area contributed by atoms with Gasteiger partial charge in [0.05, 0.1) is 11.7 Å². The molecule has 0 aliphatic rings. The fourth-order valence-corrected chi connectivity index (χ4v) is 2.78. The molecular weight excluding hydrogens is 359 g/mol. The third-order valence-corrected chi connectivity index (χ3v) is 4.15. The van der Waals surface area contributed by atoms with Crippen molar-refractivity contribution in [3.63, 3.8) is 0 Å². The lowest BCUT2D eigenvalue weighted by molar-refractivity contribution is -0.117. The standard InChI is InChI=1S/C16H13FN6O4/c1-21-10-6-18-23(13(10)14(25)22(2)16(21)26)7-12(24)20-15-19-9-4-3-8(17)5-11(9)27-15/h3-6H,7H2,1-2H3,(H,19,20,24). The molecule has 1 amide bonds. The number of carbonyl (C=O) groups excluding carboxylic acids is 1. The number of fused-ring (bicyclic) bond motifs is 2. The maximum absolute atomic E-state index is 13.2. The quantitative estimate of drug-likeness (QED) is 0.555. The molecule has 0 saturated heterocycles. The summed E-state index contributed by atoms with van der Waals surface area (Å²) in [7, 11) is 2.85. The first-order valence-electron chi connectivity index (χ1n) is 7.82. The summed E-state index contributed by atoms with van der Waals surface area (Å²) in [6, 6.07) is 3.71. The molecule has 4 rings (SSSR count). The van der Waals surface area contributed by atoms with E-state index in [-0.39, 0.29) is 23.7 Å². The molecule has 0 atom stereocenters. The van der Waals surface area contributed by atoms with Crippen LogP contribution in [0.3, 0.4) is 0 Å². The predicted molar refractivity (Wildman–Crippen MR) is 92.8 cm³/mol. The van der Waals surface area contributed by atoms with Gasteiger partial charge < -0.3 is 4.42 Å². The topological polar surface area (TPSA) is 117 Å². The molecule has 0 aliphatic carbocycles. The molecule has 0 saturated carbocycles. The number of benzene rings is 1. The van der Waals surface area contributed by atoms with Gasteiger partial charge >= 0.3 is 11.7 Å². The molecular formula is C16H13FN6O4. The Kier molecular flexibility index (Phi) is 3.65. The van der Waals surface area contributed by atoms with Gasteiger partial charge in [-0.3, -0.25) is 24.0 Å². The molecule has 0 bridgehead atoms. The normalized spacial score (nSPS) is 11.4. The van der Waals surface area contributed by atoms with Gasteiger partial charge in [0.1, 0.15) is 17.9 Å². The van der Waals surface area contributed by atoms with Crippen LogP contribution in [0.2, 0.25) is 0 Å². The summed E-state index contributed by atoms with van der Waals surface area (Å²) in [6.07, 6.45) is 1.34. The van der Waals surface area contributed by atoms with Crippen molar-refractivity contribution in [1.29, 1.82) is 0 Å². The van der Waals surface area contributed by atoms with Gasteiger partial charge in [-0.25, -0.2) is 13.9 Å². The highest BCUT2D eigenvalue weighted by molar-refractivity contribution is 5.90. The number of rotatable bonds is 3. The fourth-order valence-electron chi connectivity index (χ4n) is 2.78. The van der Waals surface area contributed by atoms with E-state index < -0.39 is 23.0 Å². The molecule has 3 heterocycles. The summed E-state index contributed by atoms with van der Waals surface area (Å²) in [4.78, 5) is 40.6. The van der Waals surface area contributed by atoms with Crippen LogP contribution in [0.4, 0.5) is 10.4 Å². The second-order valence-electron chi connectivity index (χ2n) is 5.92. The number of hydrogen-bond donors (Lipinski definition) is 1. The minimum atomic E-state index is -0.560. The van der Waals surface area contributed by atoms with E-state index in [9.17, 15) is 18.8 Å². The average molecular weight is 372 g/mol. The Hall–Kier alpha value is -3.76. The predicted octanol–water partition coefficient (Wildman–Crippen LogP) is 0.353. The van der Waals surface area contributed by atoms with Crippen molar-refractivity contribution in [2.45, 2.75) is 6.54 Å². The molecule has 1 N–H and O–H groups in total. The van der Waals surface area contributed by atoms with Crippen molar-refractivity contribution in [1.82, 2.24) is 23.9 Å². The van der Waals surface area contributed by atoms with Gasteiger partial charge in [-0.15, -0.1) is 0 Å². The number of aryl methyl sites for hydroxylation is 1. The Labute approximate surface area is 149 Å². The van der Waals surface area contributed by atoms with E-state index in [0.717, 1.165) is 10.6 Å². The highest BCUT2D eigenvalue weighted by atomic mass is 19.1. The van der Waals surface area contributed by atoms with Gasteiger partial charge in [0.15, 0.2) is 11.1 Å². The Morgan fingerprint density at radius 2 is 2.04 bits per heavy atom. The van der Waals surface area contributed by atoms with Crippen LogP contribution in [0.5, 0.6) is 0 Å². The Morgan fingerprint density at radius 1 is 1.26 bits per heavy atom. The Bertz CT molecular complexity index is 1330. The minimum Gasteiger partial charge on any atom is -0.423 e. The van der Waals surface area contributed by atoms with Crippen LogP contribution in [0.1, 0.15) is 0 Å². The molecule has 0 radical (unpaired) electrons. The van der Waals surface area contributed by atoms with Crippen LogP contribution in [0, 0.1) is 5.82 Å². The van der Waals surface area contributed by atoms with Gasteiger partial charge in [0.2, 0.25) is 5.91 Å². The summed E-state index contributed by atoms with van der Waals surface area (Å²) < 4.78 is 21.9. The summed E-state index contributed by atoms with van der Waals surface area (Å²) in [5, 5.41) is 6.45.